The van der Waals surface area contributed by atoms with Crippen LogP contribution in [0.3, 0.4) is 0 Å². The van der Waals surface area contributed by atoms with Gasteiger partial charge in [0.25, 0.3) is 0 Å². The Hall–Kier alpha value is -2.35. The molecule has 1 amide bonds. The molecule has 1 aromatic carbocycles. The van der Waals surface area contributed by atoms with Gasteiger partial charge in [-0.15, -0.1) is 0 Å². The summed E-state index contributed by atoms with van der Waals surface area (Å²) in [5, 5.41) is 20.0. The van der Waals surface area contributed by atoms with E-state index in [2.05, 4.69) is 38.9 Å². The van der Waals surface area contributed by atoms with Gasteiger partial charge in [-0.3, -0.25) is 0 Å². The third-order valence-electron chi connectivity index (χ3n) is 6.13. The molecule has 2 aliphatic rings. The van der Waals surface area contributed by atoms with Gasteiger partial charge >= 0.3 is 12.1 Å². The standard InChI is InChI=1S/C21H24BrClN6O3/c1-27-6-2-3-14(27)12-32-20-25-18-10-17(23)16(22)9-15(18)19(26-20)28-7-8-29(21(30)31)13(11-28)4-5-24/h9-10,13-14H,2-4,6-8,11-12H2,1H3,(H,30,31)/t13?,14-/m0/s1. The zero-order valence-electron chi connectivity index (χ0n) is 17.7. The van der Waals surface area contributed by atoms with Gasteiger partial charge in [-0.1, -0.05) is 11.6 Å². The van der Waals surface area contributed by atoms with Gasteiger partial charge in [-0.25, -0.2) is 4.79 Å². The van der Waals surface area contributed by atoms with Gasteiger partial charge in [0.05, 0.1) is 29.1 Å². The van der Waals surface area contributed by atoms with E-state index in [0.29, 0.717) is 42.1 Å². The quantitative estimate of drug-likeness (QED) is 0.634. The van der Waals surface area contributed by atoms with Gasteiger partial charge < -0.3 is 24.5 Å². The number of carbonyl (C=O) groups is 1. The number of nitriles is 1. The molecule has 2 fully saturated rings. The van der Waals surface area contributed by atoms with Crippen molar-refractivity contribution in [3.8, 4) is 12.1 Å². The normalized spacial score (nSPS) is 21.7. The highest BCUT2D eigenvalue weighted by atomic mass is 79.9. The number of fused-ring (bicyclic) bond motifs is 1. The van der Waals surface area contributed by atoms with Crippen LogP contribution in [-0.4, -0.2) is 82.9 Å². The molecule has 11 heteroatoms. The van der Waals surface area contributed by atoms with Crippen LogP contribution in [0.15, 0.2) is 16.6 Å². The molecule has 170 valence electrons. The van der Waals surface area contributed by atoms with E-state index in [1.54, 1.807) is 6.07 Å². The largest absolute Gasteiger partial charge is 0.465 e. The van der Waals surface area contributed by atoms with Crippen LogP contribution in [-0.2, 0) is 0 Å². The van der Waals surface area contributed by atoms with E-state index in [1.807, 2.05) is 11.0 Å². The Balaban J connectivity index is 1.67. The van der Waals surface area contributed by atoms with E-state index in [9.17, 15) is 15.2 Å². The maximum atomic E-state index is 11.6. The number of halogens is 2. The highest BCUT2D eigenvalue weighted by molar-refractivity contribution is 9.10. The smallest absolute Gasteiger partial charge is 0.407 e. The molecule has 0 radical (unpaired) electrons. The molecule has 32 heavy (non-hydrogen) atoms. The molecule has 0 aliphatic carbocycles. The molecule has 2 aliphatic heterocycles. The van der Waals surface area contributed by atoms with Crippen LogP contribution in [0.25, 0.3) is 10.9 Å². The molecule has 1 aromatic heterocycles. The summed E-state index contributed by atoms with van der Waals surface area (Å²) in [6.07, 6.45) is 1.31. The van der Waals surface area contributed by atoms with Crippen LogP contribution in [0.5, 0.6) is 6.01 Å². The summed E-state index contributed by atoms with van der Waals surface area (Å²) in [6, 6.07) is 5.88. The van der Waals surface area contributed by atoms with E-state index >= 15 is 0 Å². The van der Waals surface area contributed by atoms with Crippen molar-refractivity contribution in [2.45, 2.75) is 31.3 Å². The molecule has 2 aromatic rings. The molecule has 1 N–H and O–H groups in total. The molecule has 2 saturated heterocycles. The van der Waals surface area contributed by atoms with E-state index in [4.69, 9.17) is 21.3 Å². The third kappa shape index (κ3) is 4.70. The van der Waals surface area contributed by atoms with Gasteiger partial charge in [0.15, 0.2) is 0 Å². The van der Waals surface area contributed by atoms with E-state index in [-0.39, 0.29) is 19.0 Å². The van der Waals surface area contributed by atoms with Crippen LogP contribution in [0.1, 0.15) is 19.3 Å². The number of likely N-dealkylation sites (N-methyl/N-ethyl adjacent to an activating group) is 1. The van der Waals surface area contributed by atoms with Crippen molar-refractivity contribution < 1.29 is 14.6 Å². The molecule has 4 rings (SSSR count). The first kappa shape index (κ1) is 22.8. The lowest BCUT2D eigenvalue weighted by Gasteiger charge is -2.39. The number of carboxylic acid groups (broad SMARTS) is 1. The Kier molecular flexibility index (Phi) is 6.88. The van der Waals surface area contributed by atoms with Gasteiger partial charge in [-0.05, 0) is 54.5 Å². The molecule has 0 bridgehead atoms. The summed E-state index contributed by atoms with van der Waals surface area (Å²) in [6.45, 7) is 2.64. The summed E-state index contributed by atoms with van der Waals surface area (Å²) in [7, 11) is 2.09. The third-order valence-corrected chi connectivity index (χ3v) is 7.33. The second-order valence-corrected chi connectivity index (χ2v) is 9.40. The Morgan fingerprint density at radius 3 is 2.84 bits per heavy atom. The van der Waals surface area contributed by atoms with Crippen molar-refractivity contribution in [3.63, 3.8) is 0 Å². The molecular weight excluding hydrogens is 500 g/mol. The highest BCUT2D eigenvalue weighted by Crippen LogP contribution is 2.34. The van der Waals surface area contributed by atoms with Crippen LogP contribution in [0, 0.1) is 11.3 Å². The summed E-state index contributed by atoms with van der Waals surface area (Å²) in [5.41, 5.74) is 0.649. The SMILES string of the molecule is CN1CCC[C@H]1COc1nc(N2CCN(C(=O)O)C(CC#N)C2)c2cc(Br)c(Cl)cc2n1. The summed E-state index contributed by atoms with van der Waals surface area (Å²) < 4.78 is 6.72. The average molecular weight is 524 g/mol. The van der Waals surface area contributed by atoms with Crippen molar-refractivity contribution in [1.82, 2.24) is 19.8 Å². The minimum Gasteiger partial charge on any atom is -0.465 e. The number of benzene rings is 1. The topological polar surface area (TPSA) is 106 Å². The number of anilines is 1. The Labute approximate surface area is 199 Å². The predicted octanol–water partition coefficient (Wildman–Crippen LogP) is 3.60. The zero-order chi connectivity index (χ0) is 22.8. The highest BCUT2D eigenvalue weighted by Gasteiger charge is 2.32. The molecule has 0 spiro atoms. The fourth-order valence-corrected chi connectivity index (χ4v) is 4.83. The maximum Gasteiger partial charge on any atom is 0.407 e. The van der Waals surface area contributed by atoms with E-state index in [1.165, 1.54) is 4.90 Å². The molecule has 9 nitrogen and oxygen atoms in total. The zero-order valence-corrected chi connectivity index (χ0v) is 20.0. The Bertz CT molecular complexity index is 1060. The number of aromatic nitrogens is 2. The number of likely N-dealkylation sites (tertiary alicyclic amines) is 1. The number of hydrogen-bond acceptors (Lipinski definition) is 7. The number of ether oxygens (including phenoxy) is 1. The van der Waals surface area contributed by atoms with Crippen LogP contribution < -0.4 is 9.64 Å². The van der Waals surface area contributed by atoms with Crippen LogP contribution in [0.2, 0.25) is 5.02 Å². The average Bonchev–Trinajstić information content (AvgIpc) is 3.17. The Morgan fingerprint density at radius 2 is 2.16 bits per heavy atom. The summed E-state index contributed by atoms with van der Waals surface area (Å²) in [4.78, 5) is 26.5. The van der Waals surface area contributed by atoms with Crippen molar-refractivity contribution in [2.75, 3.05) is 44.7 Å². The number of hydrogen-bond donors (Lipinski definition) is 1. The second-order valence-electron chi connectivity index (χ2n) is 8.14. The fourth-order valence-electron chi connectivity index (χ4n) is 4.33. The number of rotatable bonds is 5. The minimum atomic E-state index is -1.02. The van der Waals surface area contributed by atoms with Gasteiger partial charge in [0.2, 0.25) is 0 Å². The first-order valence-electron chi connectivity index (χ1n) is 10.5. The van der Waals surface area contributed by atoms with Gasteiger partial charge in [0, 0.05) is 35.5 Å². The van der Waals surface area contributed by atoms with Crippen molar-refractivity contribution in [1.29, 1.82) is 5.26 Å². The Morgan fingerprint density at radius 1 is 1.34 bits per heavy atom. The first-order chi connectivity index (χ1) is 15.4. The second kappa shape index (κ2) is 9.65. The van der Waals surface area contributed by atoms with Crippen LogP contribution in [0.4, 0.5) is 10.6 Å². The lowest BCUT2D eigenvalue weighted by molar-refractivity contribution is 0.119. The van der Waals surface area contributed by atoms with Crippen LogP contribution >= 0.6 is 27.5 Å². The summed E-state index contributed by atoms with van der Waals surface area (Å²) in [5.74, 6) is 0.648. The van der Waals surface area contributed by atoms with Crippen molar-refractivity contribution in [2.24, 2.45) is 0 Å². The van der Waals surface area contributed by atoms with Crippen molar-refractivity contribution in [3.05, 3.63) is 21.6 Å². The van der Waals surface area contributed by atoms with Gasteiger partial charge in [0.1, 0.15) is 12.4 Å². The van der Waals surface area contributed by atoms with Crippen molar-refractivity contribution >= 4 is 50.3 Å². The van der Waals surface area contributed by atoms with E-state index in [0.717, 1.165) is 29.2 Å². The minimum absolute atomic E-state index is 0.110. The molecular formula is C21H24BrClN6O3. The van der Waals surface area contributed by atoms with Gasteiger partial charge in [-0.2, -0.15) is 15.2 Å². The molecule has 0 saturated carbocycles. The number of nitrogens with zero attached hydrogens (tertiary/aromatic N) is 6. The first-order valence-corrected chi connectivity index (χ1v) is 11.7. The lowest BCUT2D eigenvalue weighted by Crippen LogP contribution is -2.55. The fraction of sp³-hybridized carbons (Fsp3) is 0.524. The maximum absolute atomic E-state index is 11.6. The molecule has 1 unspecified atom stereocenters. The number of piperazine rings is 1. The molecule has 3 heterocycles. The molecule has 2 atom stereocenters. The summed E-state index contributed by atoms with van der Waals surface area (Å²) >= 11 is 9.79. The predicted molar refractivity (Wildman–Crippen MR) is 124 cm³/mol. The monoisotopic (exact) mass is 522 g/mol. The lowest BCUT2D eigenvalue weighted by atomic mass is 10.1. The number of amides is 1. The van der Waals surface area contributed by atoms with E-state index < -0.39 is 12.1 Å².